The quantitative estimate of drug-likeness (QED) is 0.897. The number of nitrogens with one attached hydrogen (secondary N) is 1. The van der Waals surface area contributed by atoms with Crippen molar-refractivity contribution in [3.63, 3.8) is 0 Å². The molecule has 0 spiro atoms. The van der Waals surface area contributed by atoms with Crippen molar-refractivity contribution in [2.24, 2.45) is 0 Å². The topological polar surface area (TPSA) is 37.8 Å². The van der Waals surface area contributed by atoms with Crippen molar-refractivity contribution in [3.8, 4) is 0 Å². The van der Waals surface area contributed by atoms with Crippen LogP contribution in [0, 0.1) is 5.82 Å². The summed E-state index contributed by atoms with van der Waals surface area (Å²) in [4.78, 5) is 8.75. The van der Waals surface area contributed by atoms with Crippen LogP contribution < -0.4 is 5.32 Å². The summed E-state index contributed by atoms with van der Waals surface area (Å²) in [6.07, 6.45) is 2.39. The third-order valence-corrected chi connectivity index (χ3v) is 2.73. The molecule has 0 saturated heterocycles. The first-order valence-corrected chi connectivity index (χ1v) is 6.42. The first-order chi connectivity index (χ1) is 9.13. The lowest BCUT2D eigenvalue weighted by Gasteiger charge is -2.08. The minimum absolute atomic E-state index is 0.223. The van der Waals surface area contributed by atoms with Crippen molar-refractivity contribution in [3.05, 3.63) is 59.4 Å². The Labute approximate surface area is 112 Å². The number of hydrogen-bond donors (Lipinski definition) is 1. The van der Waals surface area contributed by atoms with Crippen molar-refractivity contribution in [1.82, 2.24) is 15.3 Å². The normalized spacial score (nSPS) is 10.9. The highest BCUT2D eigenvalue weighted by Crippen LogP contribution is 2.07. The van der Waals surface area contributed by atoms with Crippen LogP contribution in [-0.4, -0.2) is 16.0 Å². The molecule has 1 aromatic heterocycles. The lowest BCUT2D eigenvalue weighted by molar-refractivity contribution is 0.579. The van der Waals surface area contributed by atoms with E-state index in [4.69, 9.17) is 0 Å². The number of benzene rings is 1. The maximum Gasteiger partial charge on any atom is 0.132 e. The van der Waals surface area contributed by atoms with Gasteiger partial charge in [-0.25, -0.2) is 14.4 Å². The van der Waals surface area contributed by atoms with Crippen molar-refractivity contribution in [2.75, 3.05) is 0 Å². The van der Waals surface area contributed by atoms with E-state index in [1.165, 1.54) is 12.1 Å². The monoisotopic (exact) mass is 259 g/mol. The summed E-state index contributed by atoms with van der Waals surface area (Å²) in [7, 11) is 0. The lowest BCUT2D eigenvalue weighted by atomic mass is 10.1. The van der Waals surface area contributed by atoms with Gasteiger partial charge >= 0.3 is 0 Å². The fourth-order valence-electron chi connectivity index (χ4n) is 1.72. The van der Waals surface area contributed by atoms with E-state index in [-0.39, 0.29) is 5.82 Å². The van der Waals surface area contributed by atoms with E-state index in [1.807, 2.05) is 6.07 Å². The van der Waals surface area contributed by atoms with E-state index in [9.17, 15) is 4.39 Å². The van der Waals surface area contributed by atoms with Crippen LogP contribution in [0.15, 0.2) is 36.5 Å². The first-order valence-electron chi connectivity index (χ1n) is 6.42. The summed E-state index contributed by atoms with van der Waals surface area (Å²) in [6.45, 7) is 4.93. The second-order valence-electron chi connectivity index (χ2n) is 4.80. The maximum atomic E-state index is 12.8. The maximum absolute atomic E-state index is 12.8. The molecule has 3 nitrogen and oxygen atoms in total. The standard InChI is InChI=1S/C15H18FN3/c1-11(2)18-10-14-7-8-17-15(19-14)9-12-3-5-13(16)6-4-12/h3-8,11,18H,9-10H2,1-2H3. The fourth-order valence-corrected chi connectivity index (χ4v) is 1.72. The zero-order chi connectivity index (χ0) is 13.7. The lowest BCUT2D eigenvalue weighted by Crippen LogP contribution is -2.22. The molecule has 0 fully saturated rings. The molecule has 2 rings (SSSR count). The Morgan fingerprint density at radius 2 is 1.89 bits per heavy atom. The predicted octanol–water partition coefficient (Wildman–Crippen LogP) is 2.70. The van der Waals surface area contributed by atoms with Crippen LogP contribution in [0.5, 0.6) is 0 Å². The molecule has 0 unspecified atom stereocenters. The van der Waals surface area contributed by atoms with Crippen molar-refractivity contribution >= 4 is 0 Å². The van der Waals surface area contributed by atoms with Gasteiger partial charge in [0.15, 0.2) is 0 Å². The molecule has 100 valence electrons. The number of hydrogen-bond acceptors (Lipinski definition) is 3. The zero-order valence-electron chi connectivity index (χ0n) is 11.2. The molecule has 0 aliphatic rings. The summed E-state index contributed by atoms with van der Waals surface area (Å²) >= 11 is 0. The fraction of sp³-hybridized carbons (Fsp3) is 0.333. The molecule has 0 bridgehead atoms. The molecule has 4 heteroatoms. The van der Waals surface area contributed by atoms with Gasteiger partial charge in [-0.15, -0.1) is 0 Å². The van der Waals surface area contributed by atoms with Gasteiger partial charge in [0.25, 0.3) is 0 Å². The van der Waals surface area contributed by atoms with E-state index >= 15 is 0 Å². The molecule has 0 saturated carbocycles. The molecular formula is C15H18FN3. The zero-order valence-corrected chi connectivity index (χ0v) is 11.2. The molecule has 0 atom stereocenters. The van der Waals surface area contributed by atoms with E-state index in [1.54, 1.807) is 18.3 Å². The van der Waals surface area contributed by atoms with Crippen LogP contribution in [0.3, 0.4) is 0 Å². The predicted molar refractivity (Wildman–Crippen MR) is 73.2 cm³/mol. The van der Waals surface area contributed by atoms with Crippen LogP contribution >= 0.6 is 0 Å². The van der Waals surface area contributed by atoms with Crippen molar-refractivity contribution in [2.45, 2.75) is 32.9 Å². The van der Waals surface area contributed by atoms with Gasteiger partial charge in [-0.1, -0.05) is 26.0 Å². The van der Waals surface area contributed by atoms with Gasteiger partial charge in [-0.2, -0.15) is 0 Å². The molecular weight excluding hydrogens is 241 g/mol. The SMILES string of the molecule is CC(C)NCc1ccnc(Cc2ccc(F)cc2)n1. The molecule has 1 N–H and O–H groups in total. The summed E-state index contributed by atoms with van der Waals surface area (Å²) in [6, 6.07) is 8.77. The second-order valence-corrected chi connectivity index (χ2v) is 4.80. The Bertz CT molecular complexity index is 523. The summed E-state index contributed by atoms with van der Waals surface area (Å²) < 4.78 is 12.8. The Morgan fingerprint density at radius 1 is 1.16 bits per heavy atom. The Kier molecular flexibility index (Phi) is 4.58. The molecule has 0 aliphatic heterocycles. The number of halogens is 1. The molecule has 2 aromatic rings. The van der Waals surface area contributed by atoms with Gasteiger partial charge in [0.1, 0.15) is 11.6 Å². The molecule has 0 amide bonds. The summed E-state index contributed by atoms with van der Waals surface area (Å²) in [5.41, 5.74) is 1.98. The number of rotatable bonds is 5. The van der Waals surface area contributed by atoms with Crippen molar-refractivity contribution < 1.29 is 4.39 Å². The summed E-state index contributed by atoms with van der Waals surface area (Å²) in [5, 5.41) is 3.32. The van der Waals surface area contributed by atoms with Crippen LogP contribution in [0.1, 0.15) is 30.9 Å². The van der Waals surface area contributed by atoms with Gasteiger partial charge < -0.3 is 5.32 Å². The average molecular weight is 259 g/mol. The van der Waals surface area contributed by atoms with Crippen LogP contribution in [-0.2, 0) is 13.0 Å². The minimum Gasteiger partial charge on any atom is -0.309 e. The second kappa shape index (κ2) is 6.38. The van der Waals surface area contributed by atoms with Crippen LogP contribution in [0.4, 0.5) is 4.39 Å². The van der Waals surface area contributed by atoms with Gasteiger partial charge in [0.05, 0.1) is 5.69 Å². The first kappa shape index (κ1) is 13.6. The Morgan fingerprint density at radius 3 is 2.58 bits per heavy atom. The molecule has 0 aliphatic carbocycles. The summed E-state index contributed by atoms with van der Waals surface area (Å²) in [5.74, 6) is 0.536. The van der Waals surface area contributed by atoms with Gasteiger partial charge in [-0.05, 0) is 23.8 Å². The molecule has 1 aromatic carbocycles. The Hall–Kier alpha value is -1.81. The van der Waals surface area contributed by atoms with E-state index < -0.39 is 0 Å². The van der Waals surface area contributed by atoms with Gasteiger partial charge in [-0.3, -0.25) is 0 Å². The van der Waals surface area contributed by atoms with E-state index in [0.29, 0.717) is 12.5 Å². The third-order valence-electron chi connectivity index (χ3n) is 2.73. The molecule has 0 radical (unpaired) electrons. The highest BCUT2D eigenvalue weighted by Gasteiger charge is 2.02. The highest BCUT2D eigenvalue weighted by atomic mass is 19.1. The molecule has 1 heterocycles. The molecule has 19 heavy (non-hydrogen) atoms. The van der Waals surface area contributed by atoms with Gasteiger partial charge in [0, 0.05) is 25.2 Å². The average Bonchev–Trinajstić information content (AvgIpc) is 2.40. The third kappa shape index (κ3) is 4.41. The van der Waals surface area contributed by atoms with Crippen molar-refractivity contribution in [1.29, 1.82) is 0 Å². The van der Waals surface area contributed by atoms with Gasteiger partial charge in [0.2, 0.25) is 0 Å². The number of aromatic nitrogens is 2. The highest BCUT2D eigenvalue weighted by molar-refractivity contribution is 5.20. The van der Waals surface area contributed by atoms with Crippen LogP contribution in [0.2, 0.25) is 0 Å². The largest absolute Gasteiger partial charge is 0.309 e. The Balaban J connectivity index is 2.04. The smallest absolute Gasteiger partial charge is 0.132 e. The van der Waals surface area contributed by atoms with E-state index in [2.05, 4.69) is 29.1 Å². The van der Waals surface area contributed by atoms with E-state index in [0.717, 1.165) is 23.6 Å². The van der Waals surface area contributed by atoms with Crippen LogP contribution in [0.25, 0.3) is 0 Å². The number of nitrogens with zero attached hydrogens (tertiary/aromatic N) is 2. The minimum atomic E-state index is -0.223.